The van der Waals surface area contributed by atoms with Gasteiger partial charge in [-0.25, -0.2) is 13.2 Å². The SMILES string of the molecule is CC(C)(CCCN)CN(C[C@@H](O)[C@H](Cc1ccccc1)NC(=O)O[C@H]1CO[C@H]2OCC[C@H]21)S(=O)(=O)c1cccc(N)c1. The molecule has 6 N–H and O–H groups in total. The lowest BCUT2D eigenvalue weighted by Gasteiger charge is -2.35. The van der Waals surface area contributed by atoms with Gasteiger partial charge in [-0.1, -0.05) is 50.2 Å². The first kappa shape index (κ1) is 32.2. The number of amides is 1. The molecule has 0 spiro atoms. The molecule has 2 heterocycles. The first-order valence-electron chi connectivity index (χ1n) is 14.5. The molecule has 12 heteroatoms. The molecule has 0 saturated carbocycles. The lowest BCUT2D eigenvalue weighted by molar-refractivity contribution is -0.0907. The Kier molecular flexibility index (Phi) is 10.8. The van der Waals surface area contributed by atoms with Crippen LogP contribution in [0.1, 0.15) is 38.7 Å². The number of hydrogen-bond donors (Lipinski definition) is 4. The second-order valence-electron chi connectivity index (χ2n) is 11.9. The van der Waals surface area contributed by atoms with Crippen LogP contribution in [0.5, 0.6) is 0 Å². The molecule has 11 nitrogen and oxygen atoms in total. The van der Waals surface area contributed by atoms with E-state index in [9.17, 15) is 18.3 Å². The highest BCUT2D eigenvalue weighted by molar-refractivity contribution is 7.89. The number of hydrogen-bond acceptors (Lipinski definition) is 9. The third-order valence-corrected chi connectivity index (χ3v) is 9.67. The molecule has 2 saturated heterocycles. The van der Waals surface area contributed by atoms with Gasteiger partial charge in [0.1, 0.15) is 6.10 Å². The fourth-order valence-electron chi connectivity index (χ4n) is 5.57. The van der Waals surface area contributed by atoms with Crippen LogP contribution < -0.4 is 16.8 Å². The number of ether oxygens (including phenoxy) is 3. The molecule has 0 aromatic heterocycles. The third-order valence-electron chi connectivity index (χ3n) is 7.86. The van der Waals surface area contributed by atoms with Gasteiger partial charge < -0.3 is 36.1 Å². The minimum atomic E-state index is -4.05. The molecule has 2 aromatic carbocycles. The topological polar surface area (TPSA) is 166 Å². The van der Waals surface area contributed by atoms with Crippen LogP contribution in [0.4, 0.5) is 10.5 Å². The zero-order valence-corrected chi connectivity index (χ0v) is 25.2. The lowest BCUT2D eigenvalue weighted by Crippen LogP contribution is -2.52. The maximum atomic E-state index is 13.9. The molecule has 1 amide bonds. The van der Waals surface area contributed by atoms with Gasteiger partial charge in [-0.2, -0.15) is 4.31 Å². The van der Waals surface area contributed by atoms with Crippen molar-refractivity contribution < 1.29 is 32.5 Å². The minimum Gasteiger partial charge on any atom is -0.443 e. The Bertz CT molecular complexity index is 1280. The third kappa shape index (κ3) is 8.42. The first-order valence-corrected chi connectivity index (χ1v) is 15.9. The van der Waals surface area contributed by atoms with Crippen molar-refractivity contribution >= 4 is 21.8 Å². The number of nitrogens with zero attached hydrogens (tertiary/aromatic N) is 1. The number of nitrogens with one attached hydrogen (secondary N) is 1. The highest BCUT2D eigenvalue weighted by atomic mass is 32.2. The van der Waals surface area contributed by atoms with E-state index in [2.05, 4.69) is 5.32 Å². The second-order valence-corrected chi connectivity index (χ2v) is 13.8. The molecular weight excluding hydrogens is 560 g/mol. The molecule has 2 aliphatic rings. The summed E-state index contributed by atoms with van der Waals surface area (Å²) in [5.74, 6) is -0.0389. The van der Waals surface area contributed by atoms with E-state index < -0.39 is 39.8 Å². The highest BCUT2D eigenvalue weighted by Gasteiger charge is 2.44. The Morgan fingerprint density at radius 1 is 1.19 bits per heavy atom. The predicted octanol–water partition coefficient (Wildman–Crippen LogP) is 2.48. The molecule has 232 valence electrons. The maximum absolute atomic E-state index is 13.9. The summed E-state index contributed by atoms with van der Waals surface area (Å²) < 4.78 is 45.9. The Morgan fingerprint density at radius 2 is 1.95 bits per heavy atom. The smallest absolute Gasteiger partial charge is 0.407 e. The van der Waals surface area contributed by atoms with E-state index in [0.717, 1.165) is 18.4 Å². The normalized spacial score (nSPS) is 22.1. The predicted molar refractivity (Wildman–Crippen MR) is 159 cm³/mol. The van der Waals surface area contributed by atoms with Gasteiger partial charge in [0.25, 0.3) is 0 Å². The summed E-state index contributed by atoms with van der Waals surface area (Å²) in [7, 11) is -4.05. The number of carbonyl (C=O) groups is 1. The van der Waals surface area contributed by atoms with Crippen LogP contribution in [-0.2, 0) is 30.7 Å². The molecule has 4 rings (SSSR count). The quantitative estimate of drug-likeness (QED) is 0.237. The summed E-state index contributed by atoms with van der Waals surface area (Å²) in [4.78, 5) is 13.1. The average molecular weight is 605 g/mol. The number of benzene rings is 2. The number of nitrogens with two attached hydrogens (primary N) is 2. The van der Waals surface area contributed by atoms with Gasteiger partial charge in [-0.3, -0.25) is 0 Å². The van der Waals surface area contributed by atoms with Gasteiger partial charge in [0.15, 0.2) is 6.29 Å². The number of nitrogen functional groups attached to an aromatic ring is 1. The number of fused-ring (bicyclic) bond motifs is 1. The molecule has 2 aromatic rings. The summed E-state index contributed by atoms with van der Waals surface area (Å²) in [6, 6.07) is 14.6. The molecule has 5 atom stereocenters. The summed E-state index contributed by atoms with van der Waals surface area (Å²) in [5, 5.41) is 14.4. The van der Waals surface area contributed by atoms with E-state index in [1.54, 1.807) is 12.1 Å². The number of alkyl carbamates (subject to hydrolysis) is 1. The molecule has 0 aliphatic carbocycles. The Labute approximate surface area is 248 Å². The highest BCUT2D eigenvalue weighted by Crippen LogP contribution is 2.33. The van der Waals surface area contributed by atoms with Crippen LogP contribution in [-0.4, -0.2) is 81.3 Å². The van der Waals surface area contributed by atoms with E-state index in [0.29, 0.717) is 25.3 Å². The van der Waals surface area contributed by atoms with Crippen LogP contribution >= 0.6 is 0 Å². The number of aliphatic hydroxyl groups is 1. The van der Waals surface area contributed by atoms with Gasteiger partial charge in [-0.05, 0) is 61.4 Å². The van der Waals surface area contributed by atoms with E-state index in [1.165, 1.54) is 16.4 Å². The number of rotatable bonds is 14. The van der Waals surface area contributed by atoms with Gasteiger partial charge in [0, 0.05) is 18.8 Å². The number of aliphatic hydroxyl groups excluding tert-OH is 1. The van der Waals surface area contributed by atoms with Gasteiger partial charge >= 0.3 is 6.09 Å². The van der Waals surface area contributed by atoms with Crippen LogP contribution in [0, 0.1) is 11.3 Å². The van der Waals surface area contributed by atoms with Crippen molar-refractivity contribution in [3.05, 3.63) is 60.2 Å². The Hall–Kier alpha value is -2.74. The zero-order valence-electron chi connectivity index (χ0n) is 24.4. The first-order chi connectivity index (χ1) is 20.0. The Morgan fingerprint density at radius 3 is 2.67 bits per heavy atom. The lowest BCUT2D eigenvalue weighted by atomic mass is 9.87. The largest absolute Gasteiger partial charge is 0.443 e. The molecule has 2 fully saturated rings. The standard InChI is InChI=1S/C30H44N4O7S/c1-30(2,13-7-14-31)20-34(42(37,38)23-11-6-10-22(32)17-23)18-26(35)25(16-21-8-4-3-5-9-21)33-29(36)41-27-19-40-28-24(27)12-15-39-28/h3-6,8-11,17,24-28,35H,7,12-16,18-20,31-32H2,1-2H3,(H,33,36)/t24-,25-,26+,27-,28+/m0/s1. The maximum Gasteiger partial charge on any atom is 0.407 e. The van der Waals surface area contributed by atoms with Crippen LogP contribution in [0.15, 0.2) is 59.5 Å². The van der Waals surface area contributed by atoms with Crippen molar-refractivity contribution in [3.63, 3.8) is 0 Å². The van der Waals surface area contributed by atoms with E-state index in [-0.39, 0.29) is 43.2 Å². The molecule has 2 aliphatic heterocycles. The summed E-state index contributed by atoms with van der Waals surface area (Å²) in [6.07, 6.45) is -0.394. The van der Waals surface area contributed by atoms with Crippen molar-refractivity contribution in [3.8, 4) is 0 Å². The fourth-order valence-corrected chi connectivity index (χ4v) is 7.27. The Balaban J connectivity index is 1.56. The van der Waals surface area contributed by atoms with Gasteiger partial charge in [0.05, 0.1) is 36.2 Å². The second kappa shape index (κ2) is 14.2. The molecule has 0 unspecified atom stereocenters. The number of sulfonamides is 1. The van der Waals surface area contributed by atoms with Crippen LogP contribution in [0.25, 0.3) is 0 Å². The van der Waals surface area contributed by atoms with E-state index >= 15 is 0 Å². The van der Waals surface area contributed by atoms with Crippen molar-refractivity contribution in [1.82, 2.24) is 9.62 Å². The van der Waals surface area contributed by atoms with Crippen molar-refractivity contribution in [1.29, 1.82) is 0 Å². The van der Waals surface area contributed by atoms with E-state index in [1.807, 2.05) is 44.2 Å². The molecule has 0 radical (unpaired) electrons. The minimum absolute atomic E-state index is 0.0332. The van der Waals surface area contributed by atoms with Crippen molar-refractivity contribution in [2.24, 2.45) is 17.1 Å². The number of carbonyl (C=O) groups excluding carboxylic acids is 1. The zero-order chi connectivity index (χ0) is 30.3. The van der Waals surface area contributed by atoms with E-state index in [4.69, 9.17) is 25.7 Å². The molecule has 0 bridgehead atoms. The van der Waals surface area contributed by atoms with Crippen molar-refractivity contribution in [2.75, 3.05) is 38.6 Å². The average Bonchev–Trinajstić information content (AvgIpc) is 3.57. The number of anilines is 1. The monoisotopic (exact) mass is 604 g/mol. The summed E-state index contributed by atoms with van der Waals surface area (Å²) in [5.41, 5.74) is 12.4. The molecule has 42 heavy (non-hydrogen) atoms. The van der Waals surface area contributed by atoms with Crippen LogP contribution in [0.3, 0.4) is 0 Å². The van der Waals surface area contributed by atoms with Gasteiger partial charge in [0.2, 0.25) is 10.0 Å². The fraction of sp³-hybridized carbons (Fsp3) is 0.567. The van der Waals surface area contributed by atoms with Gasteiger partial charge in [-0.15, -0.1) is 0 Å². The summed E-state index contributed by atoms with van der Waals surface area (Å²) in [6.45, 7) is 5.08. The van der Waals surface area contributed by atoms with Crippen molar-refractivity contribution in [2.45, 2.75) is 69.0 Å². The molecular formula is C30H44N4O7S. The summed E-state index contributed by atoms with van der Waals surface area (Å²) >= 11 is 0. The van der Waals surface area contributed by atoms with Crippen LogP contribution in [0.2, 0.25) is 0 Å².